The van der Waals surface area contributed by atoms with Crippen molar-refractivity contribution < 1.29 is 0 Å². The lowest BCUT2D eigenvalue weighted by Crippen LogP contribution is -2.40. The summed E-state index contributed by atoms with van der Waals surface area (Å²) >= 11 is 3.63. The van der Waals surface area contributed by atoms with Gasteiger partial charge in [0, 0.05) is 30.2 Å². The number of rotatable bonds is 4. The van der Waals surface area contributed by atoms with Crippen molar-refractivity contribution in [1.29, 1.82) is 0 Å². The van der Waals surface area contributed by atoms with E-state index in [0.717, 1.165) is 11.9 Å². The van der Waals surface area contributed by atoms with Crippen molar-refractivity contribution in [1.82, 2.24) is 14.7 Å². The van der Waals surface area contributed by atoms with Gasteiger partial charge < -0.3 is 0 Å². The van der Waals surface area contributed by atoms with Crippen molar-refractivity contribution in [2.45, 2.75) is 51.7 Å². The van der Waals surface area contributed by atoms with Crippen LogP contribution in [-0.2, 0) is 6.54 Å². The predicted octanol–water partition coefficient (Wildman–Crippen LogP) is 3.21. The Kier molecular flexibility index (Phi) is 4.62. The molecule has 4 heteroatoms. The summed E-state index contributed by atoms with van der Waals surface area (Å²) in [6.07, 6.45) is 6.10. The summed E-state index contributed by atoms with van der Waals surface area (Å²) in [7, 11) is 0. The monoisotopic (exact) mass is 299 g/mol. The van der Waals surface area contributed by atoms with Gasteiger partial charge in [0.15, 0.2) is 0 Å². The summed E-state index contributed by atoms with van der Waals surface area (Å²) in [6.45, 7) is 6.54. The molecule has 0 saturated carbocycles. The molecule has 0 N–H and O–H groups in total. The lowest BCUT2D eigenvalue weighted by molar-refractivity contribution is 0.154. The molecule has 2 rings (SSSR count). The average Bonchev–Trinajstić information content (AvgIpc) is 2.78. The van der Waals surface area contributed by atoms with Gasteiger partial charge in [-0.2, -0.15) is 5.10 Å². The van der Waals surface area contributed by atoms with Crippen LogP contribution in [0.5, 0.6) is 0 Å². The first-order chi connectivity index (χ1) is 8.20. The molecule has 1 aliphatic rings. The highest BCUT2D eigenvalue weighted by atomic mass is 79.9. The van der Waals surface area contributed by atoms with Gasteiger partial charge in [0.1, 0.15) is 0 Å². The zero-order valence-corrected chi connectivity index (χ0v) is 12.4. The lowest BCUT2D eigenvalue weighted by Gasteiger charge is -2.34. The Morgan fingerprint density at radius 1 is 1.47 bits per heavy atom. The lowest BCUT2D eigenvalue weighted by atomic mass is 10.0. The summed E-state index contributed by atoms with van der Waals surface area (Å²) in [4.78, 5) is 2.56. The molecular weight excluding hydrogens is 278 g/mol. The molecule has 0 spiro atoms. The highest BCUT2D eigenvalue weighted by molar-refractivity contribution is 9.09. The van der Waals surface area contributed by atoms with Crippen molar-refractivity contribution in [3.63, 3.8) is 0 Å². The van der Waals surface area contributed by atoms with Gasteiger partial charge in [-0.1, -0.05) is 22.4 Å². The third-order valence-electron chi connectivity index (χ3n) is 3.48. The van der Waals surface area contributed by atoms with Gasteiger partial charge in [-0.15, -0.1) is 0 Å². The molecule has 0 amide bonds. The van der Waals surface area contributed by atoms with Crippen molar-refractivity contribution in [2.24, 2.45) is 0 Å². The number of piperidine rings is 1. The van der Waals surface area contributed by atoms with E-state index in [1.165, 1.54) is 31.5 Å². The predicted molar refractivity (Wildman–Crippen MR) is 74.5 cm³/mol. The van der Waals surface area contributed by atoms with E-state index in [9.17, 15) is 0 Å². The minimum Gasteiger partial charge on any atom is -0.294 e. The highest BCUT2D eigenvalue weighted by Crippen LogP contribution is 2.20. The Bertz CT molecular complexity index is 348. The first-order valence-corrected chi connectivity index (χ1v) is 7.67. The second-order valence-corrected chi connectivity index (χ2v) is 5.80. The van der Waals surface area contributed by atoms with E-state index in [4.69, 9.17) is 0 Å². The molecule has 0 bridgehead atoms. The molecule has 1 aromatic heterocycles. The molecule has 1 fully saturated rings. The molecule has 17 heavy (non-hydrogen) atoms. The van der Waals surface area contributed by atoms with Gasteiger partial charge in [-0.3, -0.25) is 9.58 Å². The Morgan fingerprint density at radius 2 is 2.29 bits per heavy atom. The van der Waals surface area contributed by atoms with Crippen molar-refractivity contribution >= 4 is 15.9 Å². The number of aromatic nitrogens is 2. The topological polar surface area (TPSA) is 21.1 Å². The maximum atomic E-state index is 4.63. The third kappa shape index (κ3) is 3.32. The Hall–Kier alpha value is -0.350. The third-order valence-corrected chi connectivity index (χ3v) is 4.23. The summed E-state index contributed by atoms with van der Waals surface area (Å²) in [6, 6.07) is 3.30. The minimum atomic E-state index is 0.456. The number of nitrogens with zero attached hydrogens (tertiary/aromatic N) is 3. The number of likely N-dealkylation sites (tertiary alicyclic amines) is 1. The van der Waals surface area contributed by atoms with Crippen molar-refractivity contribution in [2.75, 3.05) is 11.9 Å². The Labute approximate surface area is 112 Å². The van der Waals surface area contributed by atoms with Crippen LogP contribution in [0.1, 0.15) is 44.8 Å². The quantitative estimate of drug-likeness (QED) is 0.796. The first kappa shape index (κ1) is 13.1. The van der Waals surface area contributed by atoms with Crippen molar-refractivity contribution in [3.8, 4) is 0 Å². The SMILES string of the molecule is CC(C)n1ccc(CN2CCCCC2CBr)n1. The van der Waals surface area contributed by atoms with Crippen LogP contribution in [0.25, 0.3) is 0 Å². The van der Waals surface area contributed by atoms with Gasteiger partial charge >= 0.3 is 0 Å². The van der Waals surface area contributed by atoms with E-state index in [-0.39, 0.29) is 0 Å². The number of halogens is 1. The van der Waals surface area contributed by atoms with E-state index in [2.05, 4.69) is 52.0 Å². The summed E-state index contributed by atoms with van der Waals surface area (Å²) in [5, 5.41) is 5.71. The van der Waals surface area contributed by atoms with E-state index in [1.54, 1.807) is 0 Å². The molecule has 1 aliphatic heterocycles. The van der Waals surface area contributed by atoms with Crippen LogP contribution in [0.2, 0.25) is 0 Å². The number of alkyl halides is 1. The summed E-state index contributed by atoms with van der Waals surface area (Å²) in [5.41, 5.74) is 1.20. The fraction of sp³-hybridized carbons (Fsp3) is 0.769. The number of hydrogen-bond donors (Lipinski definition) is 0. The van der Waals surface area contributed by atoms with Crippen LogP contribution in [0, 0.1) is 0 Å². The molecule has 0 radical (unpaired) electrons. The molecule has 1 atom stereocenters. The maximum Gasteiger partial charge on any atom is 0.0765 e. The van der Waals surface area contributed by atoms with Crippen LogP contribution in [0.4, 0.5) is 0 Å². The standard InChI is InChI=1S/C13H22BrN3/c1-11(2)17-8-6-12(15-17)10-16-7-4-3-5-13(16)9-14/h6,8,11,13H,3-5,7,9-10H2,1-2H3. The number of hydrogen-bond acceptors (Lipinski definition) is 2. The second kappa shape index (κ2) is 6.01. The van der Waals surface area contributed by atoms with E-state index < -0.39 is 0 Å². The maximum absolute atomic E-state index is 4.63. The van der Waals surface area contributed by atoms with E-state index in [0.29, 0.717) is 12.1 Å². The molecule has 96 valence electrons. The summed E-state index contributed by atoms with van der Waals surface area (Å²) in [5.74, 6) is 0. The van der Waals surface area contributed by atoms with Gasteiger partial charge in [-0.25, -0.2) is 0 Å². The minimum absolute atomic E-state index is 0.456. The average molecular weight is 300 g/mol. The second-order valence-electron chi connectivity index (χ2n) is 5.16. The smallest absolute Gasteiger partial charge is 0.0765 e. The van der Waals surface area contributed by atoms with Gasteiger partial charge in [0.2, 0.25) is 0 Å². The molecule has 2 heterocycles. The normalized spacial score (nSPS) is 22.2. The van der Waals surface area contributed by atoms with Gasteiger partial charge in [-0.05, 0) is 39.3 Å². The van der Waals surface area contributed by atoms with Crippen LogP contribution >= 0.6 is 15.9 Å². The highest BCUT2D eigenvalue weighted by Gasteiger charge is 2.21. The summed E-state index contributed by atoms with van der Waals surface area (Å²) < 4.78 is 2.04. The first-order valence-electron chi connectivity index (χ1n) is 6.54. The Morgan fingerprint density at radius 3 is 2.94 bits per heavy atom. The molecule has 1 unspecified atom stereocenters. The fourth-order valence-corrected chi connectivity index (χ4v) is 3.13. The molecule has 3 nitrogen and oxygen atoms in total. The van der Waals surface area contributed by atoms with Crippen molar-refractivity contribution in [3.05, 3.63) is 18.0 Å². The molecule has 1 aromatic rings. The van der Waals surface area contributed by atoms with Crippen LogP contribution < -0.4 is 0 Å². The molecular formula is C13H22BrN3. The zero-order valence-electron chi connectivity index (χ0n) is 10.8. The molecule has 0 aliphatic carbocycles. The van der Waals surface area contributed by atoms with E-state index >= 15 is 0 Å². The van der Waals surface area contributed by atoms with Crippen LogP contribution in [-0.4, -0.2) is 32.6 Å². The largest absolute Gasteiger partial charge is 0.294 e. The van der Waals surface area contributed by atoms with Crippen LogP contribution in [0.15, 0.2) is 12.3 Å². The van der Waals surface area contributed by atoms with Crippen LogP contribution in [0.3, 0.4) is 0 Å². The zero-order chi connectivity index (χ0) is 12.3. The Balaban J connectivity index is 1.98. The van der Waals surface area contributed by atoms with Gasteiger partial charge in [0.25, 0.3) is 0 Å². The molecule has 1 saturated heterocycles. The van der Waals surface area contributed by atoms with Gasteiger partial charge in [0.05, 0.1) is 5.69 Å². The van der Waals surface area contributed by atoms with E-state index in [1.807, 2.05) is 4.68 Å². The fourth-order valence-electron chi connectivity index (χ4n) is 2.40. The molecule has 0 aromatic carbocycles.